The molecule has 0 rings (SSSR count). The van der Waals surface area contributed by atoms with Crippen LogP contribution in [0.1, 0.15) is 20.3 Å². The second-order valence-electron chi connectivity index (χ2n) is 1.87. The van der Waals surface area contributed by atoms with Crippen LogP contribution in [0.3, 0.4) is 0 Å². The Kier molecular flexibility index (Phi) is 11.1. The van der Waals surface area contributed by atoms with Gasteiger partial charge in [-0.15, -0.1) is 0 Å². The molecule has 0 nitrogen and oxygen atoms in total. The fourth-order valence-corrected chi connectivity index (χ4v) is 1.13. The summed E-state index contributed by atoms with van der Waals surface area (Å²) in [4.78, 5) is 0. The van der Waals surface area contributed by atoms with E-state index < -0.39 is 0 Å². The van der Waals surface area contributed by atoms with E-state index in [1.54, 1.807) is 0 Å². The summed E-state index contributed by atoms with van der Waals surface area (Å²) in [6.45, 7) is 4.45. The quantitative estimate of drug-likeness (QED) is 0.491. The van der Waals surface area contributed by atoms with E-state index in [4.69, 9.17) is 0 Å². The molecule has 0 saturated carbocycles. The van der Waals surface area contributed by atoms with Crippen LogP contribution in [0.15, 0.2) is 0 Å². The number of hydrogen-bond acceptors (Lipinski definition) is 0. The zero-order valence-electron chi connectivity index (χ0n) is 5.08. The van der Waals surface area contributed by atoms with Crippen molar-refractivity contribution in [3.8, 4) is 0 Å². The van der Waals surface area contributed by atoms with E-state index in [1.807, 2.05) is 0 Å². The molecule has 7 heavy (non-hydrogen) atoms. The SMILES string of the molecule is CC(C)CCBr.[Zn]. The molecule has 0 spiro atoms. The molecule has 0 saturated heterocycles. The molecule has 0 fully saturated rings. The van der Waals surface area contributed by atoms with Crippen molar-refractivity contribution in [1.82, 2.24) is 0 Å². The van der Waals surface area contributed by atoms with E-state index in [0.29, 0.717) is 0 Å². The minimum atomic E-state index is 0. The maximum absolute atomic E-state index is 3.35. The summed E-state index contributed by atoms with van der Waals surface area (Å²) in [6.07, 6.45) is 1.29. The maximum Gasteiger partial charge on any atom is 0.00337 e. The van der Waals surface area contributed by atoms with Gasteiger partial charge in [0.2, 0.25) is 0 Å². The van der Waals surface area contributed by atoms with Crippen LogP contribution in [-0.2, 0) is 19.5 Å². The average Bonchev–Trinajstić information content (AvgIpc) is 1.35. The molecule has 0 aromatic heterocycles. The molecule has 2 heteroatoms. The van der Waals surface area contributed by atoms with Gasteiger partial charge in [0.15, 0.2) is 0 Å². The molecule has 0 aliphatic carbocycles. The Hall–Kier alpha value is 1.10. The average molecular weight is 216 g/mol. The Morgan fingerprint density at radius 3 is 1.86 bits per heavy atom. The predicted molar refractivity (Wildman–Crippen MR) is 33.2 cm³/mol. The Labute approximate surface area is 66.9 Å². The third-order valence-corrected chi connectivity index (χ3v) is 1.14. The molecule has 0 aliphatic heterocycles. The van der Waals surface area contributed by atoms with Crippen molar-refractivity contribution >= 4 is 15.9 Å². The molecular formula is C5H11BrZn. The van der Waals surface area contributed by atoms with Crippen LogP contribution in [0.5, 0.6) is 0 Å². The minimum absolute atomic E-state index is 0. The Morgan fingerprint density at radius 1 is 1.43 bits per heavy atom. The molecule has 0 unspecified atom stereocenters. The number of rotatable bonds is 2. The summed E-state index contributed by atoms with van der Waals surface area (Å²) < 4.78 is 0. The van der Waals surface area contributed by atoms with Crippen molar-refractivity contribution in [3.63, 3.8) is 0 Å². The van der Waals surface area contributed by atoms with Crippen molar-refractivity contribution in [3.05, 3.63) is 0 Å². The van der Waals surface area contributed by atoms with Gasteiger partial charge in [-0.3, -0.25) is 0 Å². The zero-order chi connectivity index (χ0) is 4.99. The van der Waals surface area contributed by atoms with Crippen molar-refractivity contribution in [2.24, 2.45) is 5.92 Å². The number of hydrogen-bond donors (Lipinski definition) is 0. The van der Waals surface area contributed by atoms with Crippen molar-refractivity contribution in [2.75, 3.05) is 5.33 Å². The van der Waals surface area contributed by atoms with Crippen LogP contribution in [-0.4, -0.2) is 5.33 Å². The van der Waals surface area contributed by atoms with Gasteiger partial charge in [-0.05, 0) is 12.3 Å². The normalized spacial score (nSPS) is 8.57. The Morgan fingerprint density at radius 2 is 1.86 bits per heavy atom. The van der Waals surface area contributed by atoms with E-state index in [2.05, 4.69) is 29.8 Å². The van der Waals surface area contributed by atoms with E-state index >= 15 is 0 Å². The van der Waals surface area contributed by atoms with Gasteiger partial charge < -0.3 is 0 Å². The summed E-state index contributed by atoms with van der Waals surface area (Å²) in [5, 5.41) is 1.14. The Bertz CT molecular complexity index is 29.3. The molecule has 0 radical (unpaired) electrons. The topological polar surface area (TPSA) is 0 Å². The van der Waals surface area contributed by atoms with Crippen molar-refractivity contribution in [2.45, 2.75) is 20.3 Å². The van der Waals surface area contributed by atoms with E-state index in [-0.39, 0.29) is 19.5 Å². The molecule has 0 heterocycles. The molecule has 0 atom stereocenters. The third kappa shape index (κ3) is 11.0. The summed E-state index contributed by atoms with van der Waals surface area (Å²) >= 11 is 3.35. The molecule has 0 bridgehead atoms. The Balaban J connectivity index is 0. The zero-order valence-corrected chi connectivity index (χ0v) is 9.63. The summed E-state index contributed by atoms with van der Waals surface area (Å²) in [6, 6.07) is 0. The number of alkyl halides is 1. The first-order chi connectivity index (χ1) is 2.77. The fourth-order valence-electron chi connectivity index (χ4n) is 0.218. The van der Waals surface area contributed by atoms with Crippen LogP contribution in [0.25, 0.3) is 0 Å². The summed E-state index contributed by atoms with van der Waals surface area (Å²) in [7, 11) is 0. The largest absolute Gasteiger partial charge is 0.0928 e. The van der Waals surface area contributed by atoms with Gasteiger partial charge in [0.25, 0.3) is 0 Å². The smallest absolute Gasteiger partial charge is 0.00337 e. The molecule has 0 amide bonds. The van der Waals surface area contributed by atoms with Gasteiger partial charge in [0, 0.05) is 24.8 Å². The summed E-state index contributed by atoms with van der Waals surface area (Å²) in [5.41, 5.74) is 0. The third-order valence-electron chi connectivity index (χ3n) is 0.686. The van der Waals surface area contributed by atoms with Crippen LogP contribution in [0.4, 0.5) is 0 Å². The maximum atomic E-state index is 3.35. The first-order valence-electron chi connectivity index (χ1n) is 2.33. The molecular weight excluding hydrogens is 205 g/mol. The van der Waals surface area contributed by atoms with Gasteiger partial charge in [-0.1, -0.05) is 29.8 Å². The van der Waals surface area contributed by atoms with Crippen LogP contribution in [0, 0.1) is 5.92 Å². The second-order valence-corrected chi connectivity index (χ2v) is 2.66. The van der Waals surface area contributed by atoms with Gasteiger partial charge in [0.05, 0.1) is 0 Å². The van der Waals surface area contributed by atoms with Gasteiger partial charge in [-0.25, -0.2) is 0 Å². The van der Waals surface area contributed by atoms with Crippen molar-refractivity contribution < 1.29 is 19.5 Å². The monoisotopic (exact) mass is 214 g/mol. The van der Waals surface area contributed by atoms with Gasteiger partial charge in [0.1, 0.15) is 0 Å². The molecule has 0 aromatic carbocycles. The van der Waals surface area contributed by atoms with E-state index in [9.17, 15) is 0 Å². The molecule has 40 valence electrons. The molecule has 0 aromatic rings. The number of halogens is 1. The fraction of sp³-hybridized carbons (Fsp3) is 1.00. The van der Waals surface area contributed by atoms with Crippen molar-refractivity contribution in [1.29, 1.82) is 0 Å². The molecule has 0 N–H and O–H groups in total. The molecule has 0 aliphatic rings. The van der Waals surface area contributed by atoms with Crippen LogP contribution in [0.2, 0.25) is 0 Å². The first-order valence-corrected chi connectivity index (χ1v) is 3.45. The van der Waals surface area contributed by atoms with E-state index in [0.717, 1.165) is 11.2 Å². The van der Waals surface area contributed by atoms with Crippen LogP contribution < -0.4 is 0 Å². The minimum Gasteiger partial charge on any atom is -0.0928 e. The standard InChI is InChI=1S/C5H11Br.Zn/c1-5(2)3-4-6;/h5H,3-4H2,1-2H3;. The second kappa shape index (κ2) is 7.10. The summed E-state index contributed by atoms with van der Waals surface area (Å²) in [5.74, 6) is 0.851. The van der Waals surface area contributed by atoms with E-state index in [1.165, 1.54) is 6.42 Å². The first kappa shape index (κ1) is 11.0. The van der Waals surface area contributed by atoms with Gasteiger partial charge in [-0.2, -0.15) is 0 Å². The van der Waals surface area contributed by atoms with Gasteiger partial charge >= 0.3 is 0 Å². The van der Waals surface area contributed by atoms with Crippen LogP contribution >= 0.6 is 15.9 Å². The predicted octanol–water partition coefficient (Wildman–Crippen LogP) is 2.42.